The van der Waals surface area contributed by atoms with E-state index in [9.17, 15) is 9.59 Å². The van der Waals surface area contributed by atoms with Gasteiger partial charge in [0, 0.05) is 13.0 Å². The Labute approximate surface area is 150 Å². The predicted molar refractivity (Wildman–Crippen MR) is 102 cm³/mol. The summed E-state index contributed by atoms with van der Waals surface area (Å²) in [7, 11) is 0. The second kappa shape index (κ2) is 7.94. The van der Waals surface area contributed by atoms with Crippen molar-refractivity contribution >= 4 is 33.9 Å². The lowest BCUT2D eigenvalue weighted by molar-refractivity contribution is -0.121. The van der Waals surface area contributed by atoms with Crippen LogP contribution in [0, 0.1) is 0 Å². The third kappa shape index (κ3) is 4.25. The molecular formula is C20H20N2O2S. The Kier molecular flexibility index (Phi) is 5.46. The molecule has 2 N–H and O–H groups in total. The first-order valence-corrected chi connectivity index (χ1v) is 9.12. The Bertz CT molecular complexity index is 869. The fourth-order valence-electron chi connectivity index (χ4n) is 2.80. The van der Waals surface area contributed by atoms with E-state index in [1.165, 1.54) is 11.3 Å². The van der Waals surface area contributed by atoms with Crippen molar-refractivity contribution in [2.45, 2.75) is 19.4 Å². The third-order valence-electron chi connectivity index (χ3n) is 4.05. The SMILES string of the molecule is CC(NC(=O)CCNC(=O)c1cccs1)c1cccc2ccccc12. The molecule has 0 saturated carbocycles. The number of thiophene rings is 1. The second-order valence-corrected chi connectivity index (χ2v) is 6.79. The summed E-state index contributed by atoms with van der Waals surface area (Å²) in [6, 6.07) is 17.7. The normalized spacial score (nSPS) is 11.9. The maximum atomic E-state index is 12.2. The number of carbonyl (C=O) groups is 2. The highest BCUT2D eigenvalue weighted by molar-refractivity contribution is 7.12. The van der Waals surface area contributed by atoms with E-state index in [1.807, 2.05) is 42.6 Å². The summed E-state index contributed by atoms with van der Waals surface area (Å²) in [6.07, 6.45) is 0.256. The van der Waals surface area contributed by atoms with Crippen molar-refractivity contribution in [3.63, 3.8) is 0 Å². The molecule has 25 heavy (non-hydrogen) atoms. The Morgan fingerprint density at radius 2 is 1.84 bits per heavy atom. The highest BCUT2D eigenvalue weighted by Gasteiger charge is 2.13. The fraction of sp³-hybridized carbons (Fsp3) is 0.200. The van der Waals surface area contributed by atoms with Crippen LogP contribution in [-0.2, 0) is 4.79 Å². The molecule has 0 spiro atoms. The molecule has 1 heterocycles. The number of nitrogens with one attached hydrogen (secondary N) is 2. The van der Waals surface area contributed by atoms with Gasteiger partial charge < -0.3 is 10.6 Å². The van der Waals surface area contributed by atoms with Crippen LogP contribution in [0.25, 0.3) is 10.8 Å². The van der Waals surface area contributed by atoms with Gasteiger partial charge in [0.05, 0.1) is 10.9 Å². The number of benzene rings is 2. The van der Waals surface area contributed by atoms with Crippen molar-refractivity contribution in [3.05, 3.63) is 70.4 Å². The van der Waals surface area contributed by atoms with Crippen LogP contribution in [-0.4, -0.2) is 18.4 Å². The van der Waals surface area contributed by atoms with Crippen LogP contribution in [0.5, 0.6) is 0 Å². The molecule has 1 aromatic heterocycles. The first-order chi connectivity index (χ1) is 12.1. The average molecular weight is 352 g/mol. The van der Waals surface area contributed by atoms with Crippen molar-refractivity contribution in [1.29, 1.82) is 0 Å². The summed E-state index contributed by atoms with van der Waals surface area (Å²) in [4.78, 5) is 24.7. The summed E-state index contributed by atoms with van der Waals surface area (Å²) in [5.41, 5.74) is 1.09. The van der Waals surface area contributed by atoms with Crippen LogP contribution in [0.2, 0.25) is 0 Å². The molecule has 2 aromatic carbocycles. The quantitative estimate of drug-likeness (QED) is 0.707. The molecule has 4 nitrogen and oxygen atoms in total. The van der Waals surface area contributed by atoms with Gasteiger partial charge >= 0.3 is 0 Å². The number of rotatable bonds is 6. The minimum atomic E-state index is -0.134. The Hall–Kier alpha value is -2.66. The molecule has 0 aliphatic heterocycles. The minimum absolute atomic E-state index is 0.0769. The van der Waals surface area contributed by atoms with Crippen LogP contribution in [0.4, 0.5) is 0 Å². The average Bonchev–Trinajstić information content (AvgIpc) is 3.16. The van der Waals surface area contributed by atoms with Gasteiger partial charge in [-0.2, -0.15) is 0 Å². The van der Waals surface area contributed by atoms with E-state index in [0.717, 1.165) is 16.3 Å². The van der Waals surface area contributed by atoms with E-state index in [2.05, 4.69) is 28.8 Å². The van der Waals surface area contributed by atoms with E-state index in [0.29, 0.717) is 11.4 Å². The maximum absolute atomic E-state index is 12.2. The van der Waals surface area contributed by atoms with Gasteiger partial charge in [0.1, 0.15) is 0 Å². The maximum Gasteiger partial charge on any atom is 0.261 e. The first kappa shape index (κ1) is 17.2. The molecule has 1 unspecified atom stereocenters. The lowest BCUT2D eigenvalue weighted by Gasteiger charge is -2.16. The molecule has 0 fully saturated rings. The Balaban J connectivity index is 1.54. The van der Waals surface area contributed by atoms with Gasteiger partial charge in [0.15, 0.2) is 0 Å². The van der Waals surface area contributed by atoms with Gasteiger partial charge in [0.25, 0.3) is 5.91 Å². The molecule has 0 aliphatic rings. The van der Waals surface area contributed by atoms with E-state index < -0.39 is 0 Å². The lowest BCUT2D eigenvalue weighted by Crippen LogP contribution is -2.31. The van der Waals surface area contributed by atoms with Crippen LogP contribution < -0.4 is 10.6 Å². The van der Waals surface area contributed by atoms with Crippen molar-refractivity contribution in [2.75, 3.05) is 6.54 Å². The molecule has 1 atom stereocenters. The zero-order valence-electron chi connectivity index (χ0n) is 14.0. The summed E-state index contributed by atoms with van der Waals surface area (Å²) in [5, 5.41) is 9.93. The monoisotopic (exact) mass is 352 g/mol. The summed E-state index contributed by atoms with van der Waals surface area (Å²) in [6.45, 7) is 2.30. The van der Waals surface area contributed by atoms with Crippen molar-refractivity contribution in [1.82, 2.24) is 10.6 Å². The summed E-state index contributed by atoms with van der Waals surface area (Å²) in [5.74, 6) is -0.211. The molecule has 0 saturated heterocycles. The molecule has 5 heteroatoms. The van der Waals surface area contributed by atoms with Gasteiger partial charge in [0.2, 0.25) is 5.91 Å². The Morgan fingerprint density at radius 1 is 1.04 bits per heavy atom. The van der Waals surface area contributed by atoms with Crippen LogP contribution in [0.15, 0.2) is 60.0 Å². The standard InChI is InChI=1S/C20H20N2O2S/c1-14(16-9-4-7-15-6-2-3-8-17(15)16)22-19(23)11-12-21-20(24)18-10-5-13-25-18/h2-10,13-14H,11-12H2,1H3,(H,21,24)(H,22,23). The summed E-state index contributed by atoms with van der Waals surface area (Å²) < 4.78 is 0. The highest BCUT2D eigenvalue weighted by Crippen LogP contribution is 2.24. The number of amides is 2. The fourth-order valence-corrected chi connectivity index (χ4v) is 3.44. The lowest BCUT2D eigenvalue weighted by atomic mass is 9.99. The van der Waals surface area contributed by atoms with E-state index in [1.54, 1.807) is 6.07 Å². The smallest absolute Gasteiger partial charge is 0.261 e. The van der Waals surface area contributed by atoms with Gasteiger partial charge in [-0.05, 0) is 34.7 Å². The van der Waals surface area contributed by atoms with E-state index in [-0.39, 0.29) is 24.3 Å². The van der Waals surface area contributed by atoms with Gasteiger partial charge in [-0.1, -0.05) is 48.5 Å². The molecule has 3 rings (SSSR count). The molecule has 0 aliphatic carbocycles. The van der Waals surface area contributed by atoms with E-state index >= 15 is 0 Å². The Morgan fingerprint density at radius 3 is 2.64 bits per heavy atom. The van der Waals surface area contributed by atoms with Crippen LogP contribution in [0.1, 0.15) is 34.6 Å². The molecule has 3 aromatic rings. The molecule has 2 amide bonds. The van der Waals surface area contributed by atoms with Crippen LogP contribution >= 0.6 is 11.3 Å². The molecule has 0 bridgehead atoms. The molecule has 0 radical (unpaired) electrons. The van der Waals surface area contributed by atoms with Crippen molar-refractivity contribution in [3.8, 4) is 0 Å². The van der Waals surface area contributed by atoms with Crippen molar-refractivity contribution < 1.29 is 9.59 Å². The molecular weight excluding hydrogens is 332 g/mol. The van der Waals surface area contributed by atoms with Gasteiger partial charge in [-0.15, -0.1) is 11.3 Å². The van der Waals surface area contributed by atoms with E-state index in [4.69, 9.17) is 0 Å². The number of fused-ring (bicyclic) bond motifs is 1. The zero-order valence-corrected chi connectivity index (χ0v) is 14.8. The predicted octanol–water partition coefficient (Wildman–Crippen LogP) is 3.90. The largest absolute Gasteiger partial charge is 0.351 e. The number of hydrogen-bond donors (Lipinski definition) is 2. The van der Waals surface area contributed by atoms with Gasteiger partial charge in [-0.3, -0.25) is 9.59 Å². The number of carbonyl (C=O) groups excluding carboxylic acids is 2. The highest BCUT2D eigenvalue weighted by atomic mass is 32.1. The van der Waals surface area contributed by atoms with Gasteiger partial charge in [-0.25, -0.2) is 0 Å². The first-order valence-electron chi connectivity index (χ1n) is 8.24. The third-order valence-corrected chi connectivity index (χ3v) is 4.92. The number of hydrogen-bond acceptors (Lipinski definition) is 3. The molecule has 128 valence electrons. The minimum Gasteiger partial charge on any atom is -0.351 e. The summed E-state index contributed by atoms with van der Waals surface area (Å²) >= 11 is 1.39. The zero-order chi connectivity index (χ0) is 17.6. The second-order valence-electron chi connectivity index (χ2n) is 5.84. The van der Waals surface area contributed by atoms with Crippen molar-refractivity contribution in [2.24, 2.45) is 0 Å². The topological polar surface area (TPSA) is 58.2 Å². The van der Waals surface area contributed by atoms with Crippen LogP contribution in [0.3, 0.4) is 0 Å².